The molecule has 3 nitrogen and oxygen atoms in total. The van der Waals surface area contributed by atoms with Crippen molar-refractivity contribution in [1.82, 2.24) is 9.80 Å². The zero-order valence-electron chi connectivity index (χ0n) is 12.1. The Morgan fingerprint density at radius 2 is 2.05 bits per heavy atom. The van der Waals surface area contributed by atoms with Crippen LogP contribution in [0.25, 0.3) is 0 Å². The predicted octanol–water partition coefficient (Wildman–Crippen LogP) is 2.26. The summed E-state index contributed by atoms with van der Waals surface area (Å²) in [6, 6.07) is 7.12. The van der Waals surface area contributed by atoms with E-state index in [2.05, 4.69) is 36.9 Å². The molecule has 3 rings (SSSR count). The lowest BCUT2D eigenvalue weighted by atomic mass is 10.1. The fourth-order valence-corrected chi connectivity index (χ4v) is 3.87. The molecule has 0 saturated carbocycles. The summed E-state index contributed by atoms with van der Waals surface area (Å²) in [4.78, 5) is 5.00. The second-order valence-electron chi connectivity index (χ2n) is 6.40. The monoisotopic (exact) mass is 260 g/mol. The lowest BCUT2D eigenvalue weighted by Gasteiger charge is -2.26. The molecular weight excluding hydrogens is 236 g/mol. The van der Waals surface area contributed by atoms with Gasteiger partial charge in [-0.1, -0.05) is 13.0 Å². The van der Waals surface area contributed by atoms with Crippen molar-refractivity contribution < 1.29 is 5.11 Å². The van der Waals surface area contributed by atoms with Crippen LogP contribution in [0.1, 0.15) is 30.5 Å². The molecule has 1 aromatic carbocycles. The number of likely N-dealkylation sites (tertiary alicyclic amines) is 1. The van der Waals surface area contributed by atoms with Gasteiger partial charge >= 0.3 is 0 Å². The lowest BCUT2D eigenvalue weighted by Crippen LogP contribution is -2.34. The second-order valence-corrected chi connectivity index (χ2v) is 6.40. The number of likely N-dealkylation sites (N-methyl/N-ethyl adjacent to an activating group) is 1. The average Bonchev–Trinajstić information content (AvgIpc) is 2.91. The van der Waals surface area contributed by atoms with Crippen LogP contribution < -0.4 is 0 Å². The van der Waals surface area contributed by atoms with Crippen LogP contribution in [0.15, 0.2) is 18.2 Å². The molecule has 1 heterocycles. The number of benzene rings is 1. The summed E-state index contributed by atoms with van der Waals surface area (Å²) >= 11 is 0. The quantitative estimate of drug-likeness (QED) is 0.883. The summed E-state index contributed by atoms with van der Waals surface area (Å²) < 4.78 is 0. The van der Waals surface area contributed by atoms with Gasteiger partial charge < -0.3 is 10.0 Å². The molecule has 0 spiro atoms. The molecule has 1 N–H and O–H groups in total. The van der Waals surface area contributed by atoms with E-state index in [9.17, 15) is 5.11 Å². The van der Waals surface area contributed by atoms with Crippen LogP contribution >= 0.6 is 0 Å². The highest BCUT2D eigenvalue weighted by Crippen LogP contribution is 2.40. The van der Waals surface area contributed by atoms with Gasteiger partial charge in [-0.25, -0.2) is 0 Å². The van der Waals surface area contributed by atoms with Crippen molar-refractivity contribution in [3.8, 4) is 5.75 Å². The molecule has 19 heavy (non-hydrogen) atoms. The number of phenolic OH excluding ortho intramolecular Hbond substituents is 1. The summed E-state index contributed by atoms with van der Waals surface area (Å²) in [5.74, 6) is 1.14. The van der Waals surface area contributed by atoms with Crippen LogP contribution in [0.2, 0.25) is 0 Å². The molecule has 0 radical (unpaired) electrons. The third-order valence-corrected chi connectivity index (χ3v) is 4.88. The van der Waals surface area contributed by atoms with E-state index in [1.807, 2.05) is 12.1 Å². The van der Waals surface area contributed by atoms with Crippen molar-refractivity contribution >= 4 is 0 Å². The van der Waals surface area contributed by atoms with Gasteiger partial charge in [0.25, 0.3) is 0 Å². The Labute approximate surface area is 115 Å². The van der Waals surface area contributed by atoms with Crippen LogP contribution in [0, 0.1) is 5.92 Å². The first-order valence-corrected chi connectivity index (χ1v) is 7.28. The zero-order valence-corrected chi connectivity index (χ0v) is 12.1. The maximum atomic E-state index is 9.58. The third kappa shape index (κ3) is 2.26. The zero-order chi connectivity index (χ0) is 13.6. The van der Waals surface area contributed by atoms with E-state index >= 15 is 0 Å². The van der Waals surface area contributed by atoms with E-state index in [4.69, 9.17) is 0 Å². The predicted molar refractivity (Wildman–Crippen MR) is 77.4 cm³/mol. The van der Waals surface area contributed by atoms with Crippen LogP contribution in [0.3, 0.4) is 0 Å². The fraction of sp³-hybridized carbons (Fsp3) is 0.625. The molecule has 2 aliphatic rings. The minimum atomic E-state index is 0.403. The summed E-state index contributed by atoms with van der Waals surface area (Å²) in [7, 11) is 4.37. The molecule has 1 aliphatic heterocycles. The van der Waals surface area contributed by atoms with E-state index in [-0.39, 0.29) is 0 Å². The third-order valence-electron chi connectivity index (χ3n) is 4.88. The van der Waals surface area contributed by atoms with E-state index in [1.54, 1.807) is 0 Å². The van der Waals surface area contributed by atoms with Crippen molar-refractivity contribution in [2.75, 3.05) is 27.2 Å². The van der Waals surface area contributed by atoms with E-state index < -0.39 is 0 Å². The topological polar surface area (TPSA) is 26.7 Å². The normalized spacial score (nSPS) is 31.1. The van der Waals surface area contributed by atoms with E-state index in [0.29, 0.717) is 17.8 Å². The molecule has 3 unspecified atom stereocenters. The van der Waals surface area contributed by atoms with Gasteiger partial charge in [-0.2, -0.15) is 0 Å². The van der Waals surface area contributed by atoms with Gasteiger partial charge in [0.15, 0.2) is 0 Å². The molecule has 104 valence electrons. The minimum Gasteiger partial charge on any atom is -0.508 e. The maximum absolute atomic E-state index is 9.58. The van der Waals surface area contributed by atoms with Gasteiger partial charge in [0.2, 0.25) is 0 Å². The Bertz CT molecular complexity index is 472. The van der Waals surface area contributed by atoms with Crippen LogP contribution in [0.4, 0.5) is 0 Å². The van der Waals surface area contributed by atoms with E-state index in [1.165, 1.54) is 30.6 Å². The molecular formula is C16H24N2O. The Balaban J connectivity index is 1.80. The number of nitrogens with zero attached hydrogens (tertiary/aromatic N) is 2. The highest BCUT2D eigenvalue weighted by atomic mass is 16.3. The standard InChI is InChI=1S/C16H24N2O/c1-11-9-18(10-16(11)17(2)3)15-7-4-12-8-13(19)5-6-14(12)15/h5-6,8,11,15-16,19H,4,7,9-10H2,1-3H3. The van der Waals surface area contributed by atoms with E-state index in [0.717, 1.165) is 12.3 Å². The molecule has 1 fully saturated rings. The van der Waals surface area contributed by atoms with Gasteiger partial charge in [0.1, 0.15) is 5.75 Å². The second kappa shape index (κ2) is 4.80. The summed E-state index contributed by atoms with van der Waals surface area (Å²) in [5.41, 5.74) is 2.77. The molecule has 1 aliphatic carbocycles. The number of fused-ring (bicyclic) bond motifs is 1. The first-order chi connectivity index (χ1) is 9.06. The lowest BCUT2D eigenvalue weighted by molar-refractivity contribution is 0.215. The molecule has 1 saturated heterocycles. The number of rotatable bonds is 2. The number of phenols is 1. The summed E-state index contributed by atoms with van der Waals surface area (Å²) in [6.45, 7) is 4.71. The van der Waals surface area contributed by atoms with Crippen molar-refractivity contribution in [1.29, 1.82) is 0 Å². The molecule has 3 atom stereocenters. The molecule has 0 amide bonds. The summed E-state index contributed by atoms with van der Waals surface area (Å²) in [6.07, 6.45) is 2.30. The Kier molecular flexibility index (Phi) is 3.27. The van der Waals surface area contributed by atoms with Gasteiger partial charge in [-0.05, 0) is 56.1 Å². The van der Waals surface area contributed by atoms with Gasteiger partial charge in [0.05, 0.1) is 0 Å². The molecule has 3 heteroatoms. The largest absolute Gasteiger partial charge is 0.508 e. The van der Waals surface area contributed by atoms with Crippen LogP contribution in [-0.2, 0) is 6.42 Å². The number of hydrogen-bond donors (Lipinski definition) is 1. The first-order valence-electron chi connectivity index (χ1n) is 7.28. The van der Waals surface area contributed by atoms with Crippen molar-refractivity contribution in [3.05, 3.63) is 29.3 Å². The number of aryl methyl sites for hydroxylation is 1. The first kappa shape index (κ1) is 12.9. The Hall–Kier alpha value is -1.06. The highest BCUT2D eigenvalue weighted by molar-refractivity contribution is 5.40. The van der Waals surface area contributed by atoms with Crippen LogP contribution in [-0.4, -0.2) is 48.1 Å². The van der Waals surface area contributed by atoms with Crippen LogP contribution in [0.5, 0.6) is 5.75 Å². The van der Waals surface area contributed by atoms with Crippen molar-refractivity contribution in [2.24, 2.45) is 5.92 Å². The van der Waals surface area contributed by atoms with Gasteiger partial charge in [-0.15, -0.1) is 0 Å². The highest BCUT2D eigenvalue weighted by Gasteiger charge is 2.37. The smallest absolute Gasteiger partial charge is 0.115 e. The number of hydrogen-bond acceptors (Lipinski definition) is 3. The van der Waals surface area contributed by atoms with Crippen molar-refractivity contribution in [2.45, 2.75) is 31.8 Å². The Morgan fingerprint density at radius 3 is 2.74 bits per heavy atom. The SMILES string of the molecule is CC1CN(C2CCc3cc(O)ccc32)CC1N(C)C. The van der Waals surface area contributed by atoms with Gasteiger partial charge in [-0.3, -0.25) is 4.90 Å². The molecule has 1 aromatic rings. The minimum absolute atomic E-state index is 0.403. The summed E-state index contributed by atoms with van der Waals surface area (Å²) in [5, 5.41) is 9.58. The molecule has 0 bridgehead atoms. The fourth-order valence-electron chi connectivity index (χ4n) is 3.87. The average molecular weight is 260 g/mol. The number of aromatic hydroxyl groups is 1. The molecule has 0 aromatic heterocycles. The maximum Gasteiger partial charge on any atom is 0.115 e. The Morgan fingerprint density at radius 1 is 1.26 bits per heavy atom. The van der Waals surface area contributed by atoms with Gasteiger partial charge in [0, 0.05) is 25.2 Å². The van der Waals surface area contributed by atoms with Crippen molar-refractivity contribution in [3.63, 3.8) is 0 Å².